The summed E-state index contributed by atoms with van der Waals surface area (Å²) < 4.78 is 0. The highest BCUT2D eigenvalue weighted by Gasteiger charge is 2.19. The van der Waals surface area contributed by atoms with Gasteiger partial charge < -0.3 is 10.6 Å². The third kappa shape index (κ3) is 4.60. The van der Waals surface area contributed by atoms with Gasteiger partial charge in [-0.3, -0.25) is 4.99 Å². The molecule has 0 aliphatic heterocycles. The predicted octanol–water partition coefficient (Wildman–Crippen LogP) is 4.05. The summed E-state index contributed by atoms with van der Waals surface area (Å²) in [6, 6.07) is 8.84. The normalized spacial score (nSPS) is 17.4. The maximum atomic E-state index is 4.67. The zero-order valence-electron chi connectivity index (χ0n) is 15.4. The van der Waals surface area contributed by atoms with Crippen molar-refractivity contribution in [3.63, 3.8) is 0 Å². The Morgan fingerprint density at radius 1 is 1.32 bits per heavy atom. The minimum atomic E-state index is 0.480. The van der Waals surface area contributed by atoms with Gasteiger partial charge in [0, 0.05) is 24.9 Å². The molecule has 0 amide bonds. The molecule has 4 nitrogen and oxygen atoms in total. The van der Waals surface area contributed by atoms with Crippen molar-refractivity contribution < 1.29 is 0 Å². The Morgan fingerprint density at radius 3 is 2.92 bits per heavy atom. The molecular formula is C20H28N4S. The highest BCUT2D eigenvalue weighted by atomic mass is 32.1. The van der Waals surface area contributed by atoms with E-state index in [1.54, 1.807) is 11.3 Å². The van der Waals surface area contributed by atoms with Gasteiger partial charge >= 0.3 is 0 Å². The molecular weight excluding hydrogens is 328 g/mol. The van der Waals surface area contributed by atoms with Gasteiger partial charge in [-0.2, -0.15) is 0 Å². The summed E-state index contributed by atoms with van der Waals surface area (Å²) in [5, 5.41) is 10.1. The highest BCUT2D eigenvalue weighted by molar-refractivity contribution is 7.09. The number of fused-ring (bicyclic) bond motifs is 1. The largest absolute Gasteiger partial charge is 0.356 e. The van der Waals surface area contributed by atoms with Crippen LogP contribution in [0.5, 0.6) is 0 Å². The lowest BCUT2D eigenvalue weighted by Gasteiger charge is -2.26. The molecule has 1 aliphatic rings. The van der Waals surface area contributed by atoms with Crippen LogP contribution in [0.1, 0.15) is 60.4 Å². The van der Waals surface area contributed by atoms with Crippen molar-refractivity contribution in [2.45, 2.75) is 51.5 Å². The van der Waals surface area contributed by atoms with Crippen LogP contribution in [0.2, 0.25) is 0 Å². The van der Waals surface area contributed by atoms with E-state index in [0.717, 1.165) is 24.1 Å². The van der Waals surface area contributed by atoms with Crippen LogP contribution >= 0.6 is 11.3 Å². The number of aryl methyl sites for hydroxylation is 1. The van der Waals surface area contributed by atoms with Crippen LogP contribution in [0.4, 0.5) is 0 Å². The van der Waals surface area contributed by atoms with E-state index in [1.165, 1.54) is 36.1 Å². The summed E-state index contributed by atoms with van der Waals surface area (Å²) in [4.78, 5) is 9.03. The molecule has 0 radical (unpaired) electrons. The molecule has 1 heterocycles. The van der Waals surface area contributed by atoms with Gasteiger partial charge in [0.25, 0.3) is 0 Å². The standard InChI is InChI=1S/C20H28N4S/c1-14(2)18-13-25-19(24-18)12-23-20(21-3)22-11-16-9-6-8-15-7-4-5-10-17(15)16/h4-5,7,10,13-14,16H,6,8-9,11-12H2,1-3H3,(H2,21,22,23). The number of aliphatic imine (C=N–C) groups is 1. The third-order valence-corrected chi connectivity index (χ3v) is 5.67. The number of nitrogens with zero attached hydrogens (tertiary/aromatic N) is 2. The smallest absolute Gasteiger partial charge is 0.191 e. The summed E-state index contributed by atoms with van der Waals surface area (Å²) in [5.41, 5.74) is 4.18. The lowest BCUT2D eigenvalue weighted by atomic mass is 9.83. The number of hydrogen-bond acceptors (Lipinski definition) is 3. The molecule has 0 spiro atoms. The predicted molar refractivity (Wildman–Crippen MR) is 107 cm³/mol. The van der Waals surface area contributed by atoms with Gasteiger partial charge in [-0.05, 0) is 36.3 Å². The Hall–Kier alpha value is -1.88. The number of hydrogen-bond donors (Lipinski definition) is 2. The molecule has 0 saturated heterocycles. The first-order valence-corrected chi connectivity index (χ1v) is 10.0. The highest BCUT2D eigenvalue weighted by Crippen LogP contribution is 2.30. The van der Waals surface area contributed by atoms with Crippen molar-refractivity contribution in [1.82, 2.24) is 15.6 Å². The van der Waals surface area contributed by atoms with Crippen LogP contribution in [0.25, 0.3) is 0 Å². The number of nitrogens with one attached hydrogen (secondary N) is 2. The van der Waals surface area contributed by atoms with Crippen LogP contribution in [0.3, 0.4) is 0 Å². The number of rotatable bonds is 5. The molecule has 1 aromatic heterocycles. The Kier molecular flexibility index (Phi) is 6.08. The second-order valence-electron chi connectivity index (χ2n) is 6.92. The molecule has 0 saturated carbocycles. The Morgan fingerprint density at radius 2 is 2.16 bits per heavy atom. The van der Waals surface area contributed by atoms with Crippen LogP contribution in [0.15, 0.2) is 34.6 Å². The topological polar surface area (TPSA) is 49.3 Å². The number of benzene rings is 1. The lowest BCUT2D eigenvalue weighted by Crippen LogP contribution is -2.39. The molecule has 1 unspecified atom stereocenters. The van der Waals surface area contributed by atoms with Crippen molar-refractivity contribution in [1.29, 1.82) is 0 Å². The van der Waals surface area contributed by atoms with Crippen molar-refractivity contribution in [2.24, 2.45) is 4.99 Å². The zero-order chi connectivity index (χ0) is 17.6. The molecule has 134 valence electrons. The van der Waals surface area contributed by atoms with Crippen molar-refractivity contribution in [3.8, 4) is 0 Å². The van der Waals surface area contributed by atoms with Gasteiger partial charge in [-0.25, -0.2) is 4.98 Å². The average molecular weight is 357 g/mol. The fourth-order valence-electron chi connectivity index (χ4n) is 3.34. The fourth-order valence-corrected chi connectivity index (χ4v) is 4.23. The van der Waals surface area contributed by atoms with Crippen LogP contribution in [-0.2, 0) is 13.0 Å². The molecule has 1 aromatic carbocycles. The first-order chi connectivity index (χ1) is 12.2. The van der Waals surface area contributed by atoms with E-state index in [2.05, 4.69) is 64.1 Å². The fraction of sp³-hybridized carbons (Fsp3) is 0.500. The summed E-state index contributed by atoms with van der Waals surface area (Å²) >= 11 is 1.71. The first-order valence-electron chi connectivity index (χ1n) is 9.14. The average Bonchev–Trinajstić information content (AvgIpc) is 3.11. The van der Waals surface area contributed by atoms with E-state index in [-0.39, 0.29) is 0 Å². The monoisotopic (exact) mass is 356 g/mol. The minimum Gasteiger partial charge on any atom is -0.356 e. The molecule has 3 rings (SSSR count). The van der Waals surface area contributed by atoms with Gasteiger partial charge in [0.05, 0.1) is 12.2 Å². The van der Waals surface area contributed by atoms with Gasteiger partial charge in [0.2, 0.25) is 0 Å². The van der Waals surface area contributed by atoms with E-state index in [0.29, 0.717) is 11.8 Å². The molecule has 0 bridgehead atoms. The number of aromatic nitrogens is 1. The molecule has 5 heteroatoms. The quantitative estimate of drug-likeness (QED) is 0.628. The number of guanidine groups is 1. The van der Waals surface area contributed by atoms with Crippen LogP contribution in [0, 0.1) is 0 Å². The number of thiazole rings is 1. The zero-order valence-corrected chi connectivity index (χ0v) is 16.2. The van der Waals surface area contributed by atoms with Crippen LogP contribution in [-0.4, -0.2) is 24.5 Å². The van der Waals surface area contributed by atoms with Gasteiger partial charge in [0.15, 0.2) is 5.96 Å². The third-order valence-electron chi connectivity index (χ3n) is 4.80. The van der Waals surface area contributed by atoms with E-state index < -0.39 is 0 Å². The van der Waals surface area contributed by atoms with Crippen LogP contribution < -0.4 is 10.6 Å². The first kappa shape index (κ1) is 17.9. The summed E-state index contributed by atoms with van der Waals surface area (Å²) in [6.07, 6.45) is 3.72. The maximum Gasteiger partial charge on any atom is 0.191 e. The molecule has 25 heavy (non-hydrogen) atoms. The summed E-state index contributed by atoms with van der Waals surface area (Å²) in [7, 11) is 1.82. The molecule has 2 N–H and O–H groups in total. The lowest BCUT2D eigenvalue weighted by molar-refractivity contribution is 0.539. The molecule has 0 fully saturated rings. The summed E-state index contributed by atoms with van der Waals surface area (Å²) in [5.74, 6) is 1.90. The molecule has 2 aromatic rings. The van der Waals surface area contributed by atoms with E-state index >= 15 is 0 Å². The summed E-state index contributed by atoms with van der Waals surface area (Å²) in [6.45, 7) is 5.99. The Balaban J connectivity index is 1.53. The van der Waals surface area contributed by atoms with Crippen molar-refractivity contribution in [3.05, 3.63) is 51.5 Å². The molecule has 1 aliphatic carbocycles. The second-order valence-corrected chi connectivity index (χ2v) is 7.86. The van der Waals surface area contributed by atoms with Gasteiger partial charge in [0.1, 0.15) is 5.01 Å². The van der Waals surface area contributed by atoms with Crippen molar-refractivity contribution in [2.75, 3.05) is 13.6 Å². The van der Waals surface area contributed by atoms with Crippen molar-refractivity contribution >= 4 is 17.3 Å². The van der Waals surface area contributed by atoms with E-state index in [4.69, 9.17) is 0 Å². The Labute approximate surface area is 154 Å². The SMILES string of the molecule is CN=C(NCc1nc(C(C)C)cs1)NCC1CCCc2ccccc21. The molecule has 1 atom stereocenters. The van der Waals surface area contributed by atoms with E-state index in [1.807, 2.05) is 7.05 Å². The maximum absolute atomic E-state index is 4.67. The van der Waals surface area contributed by atoms with Gasteiger partial charge in [-0.15, -0.1) is 11.3 Å². The van der Waals surface area contributed by atoms with Gasteiger partial charge in [-0.1, -0.05) is 38.1 Å². The second kappa shape index (κ2) is 8.48. The minimum absolute atomic E-state index is 0.480. The van der Waals surface area contributed by atoms with E-state index in [9.17, 15) is 0 Å². The Bertz CT molecular complexity index is 720.